The van der Waals surface area contributed by atoms with Crippen molar-refractivity contribution in [2.75, 3.05) is 44.5 Å². The van der Waals surface area contributed by atoms with E-state index in [0.717, 1.165) is 6.42 Å². The molecule has 0 aromatic heterocycles. The smallest absolute Gasteiger partial charge is 0.251 e. The lowest BCUT2D eigenvalue weighted by molar-refractivity contribution is -0.114. The van der Waals surface area contributed by atoms with E-state index >= 15 is 0 Å². The molecule has 0 saturated heterocycles. The van der Waals surface area contributed by atoms with Gasteiger partial charge in [-0.2, -0.15) is 0 Å². The van der Waals surface area contributed by atoms with Gasteiger partial charge >= 0.3 is 0 Å². The fourth-order valence-electron chi connectivity index (χ4n) is 2.42. The van der Waals surface area contributed by atoms with E-state index in [2.05, 4.69) is 16.0 Å². The zero-order valence-electron chi connectivity index (χ0n) is 15.9. The summed E-state index contributed by atoms with van der Waals surface area (Å²) < 4.78 is 10.0. The lowest BCUT2D eigenvalue weighted by Crippen LogP contribution is -2.25. The van der Waals surface area contributed by atoms with Crippen LogP contribution < -0.4 is 20.7 Å². The molecule has 0 aliphatic rings. The van der Waals surface area contributed by atoms with Gasteiger partial charge in [-0.1, -0.05) is 17.7 Å². The molecule has 0 saturated carbocycles. The molecule has 0 aliphatic heterocycles. The van der Waals surface area contributed by atoms with Crippen molar-refractivity contribution in [1.29, 1.82) is 0 Å². The second-order valence-corrected chi connectivity index (χ2v) is 6.34. The standard InChI is InChI=1S/C20H24ClN3O4/c1-27-10-4-9-22-20(26)14-5-3-6-16(11-14)24-19(25)13-23-15-7-8-18(28-2)17(21)12-15/h3,5-8,11-12,23H,4,9-10,13H2,1-2H3,(H,22,26)(H,24,25). The van der Waals surface area contributed by atoms with Crippen LogP contribution in [0.1, 0.15) is 16.8 Å². The van der Waals surface area contributed by atoms with Gasteiger partial charge in [0, 0.05) is 37.2 Å². The van der Waals surface area contributed by atoms with Gasteiger partial charge in [-0.3, -0.25) is 9.59 Å². The van der Waals surface area contributed by atoms with Crippen LogP contribution in [-0.2, 0) is 9.53 Å². The lowest BCUT2D eigenvalue weighted by atomic mass is 10.2. The zero-order valence-corrected chi connectivity index (χ0v) is 16.6. The molecule has 0 heterocycles. The first-order valence-corrected chi connectivity index (χ1v) is 9.15. The third-order valence-corrected chi connectivity index (χ3v) is 4.12. The van der Waals surface area contributed by atoms with Gasteiger partial charge < -0.3 is 25.4 Å². The number of halogens is 1. The average molecular weight is 406 g/mol. The number of hydrogen-bond donors (Lipinski definition) is 3. The number of ether oxygens (including phenoxy) is 2. The number of amides is 2. The molecule has 2 aromatic rings. The second kappa shape index (κ2) is 11.2. The fraction of sp³-hybridized carbons (Fsp3) is 0.300. The number of benzene rings is 2. The molecule has 0 fully saturated rings. The van der Waals surface area contributed by atoms with E-state index in [1.54, 1.807) is 49.6 Å². The molecule has 2 aromatic carbocycles. The molecule has 0 unspecified atom stereocenters. The highest BCUT2D eigenvalue weighted by Crippen LogP contribution is 2.27. The normalized spacial score (nSPS) is 10.2. The monoisotopic (exact) mass is 405 g/mol. The van der Waals surface area contributed by atoms with Gasteiger partial charge in [0.15, 0.2) is 0 Å². The van der Waals surface area contributed by atoms with Crippen molar-refractivity contribution >= 4 is 34.8 Å². The molecule has 0 spiro atoms. The van der Waals surface area contributed by atoms with E-state index in [0.29, 0.717) is 40.9 Å². The topological polar surface area (TPSA) is 88.7 Å². The third kappa shape index (κ3) is 6.75. The van der Waals surface area contributed by atoms with E-state index in [4.69, 9.17) is 21.1 Å². The van der Waals surface area contributed by atoms with Crippen molar-refractivity contribution in [2.45, 2.75) is 6.42 Å². The minimum absolute atomic E-state index is 0.0517. The SMILES string of the molecule is COCCCNC(=O)c1cccc(NC(=O)CNc2ccc(OC)c(Cl)c2)c1. The molecule has 0 bridgehead atoms. The molecule has 7 nitrogen and oxygen atoms in total. The van der Waals surface area contributed by atoms with Crippen molar-refractivity contribution in [1.82, 2.24) is 5.32 Å². The van der Waals surface area contributed by atoms with Crippen LogP contribution >= 0.6 is 11.6 Å². The minimum atomic E-state index is -0.246. The van der Waals surface area contributed by atoms with Gasteiger partial charge in [0.2, 0.25) is 5.91 Å². The zero-order chi connectivity index (χ0) is 20.4. The summed E-state index contributed by atoms with van der Waals surface area (Å²) in [5, 5.41) is 9.02. The van der Waals surface area contributed by atoms with Gasteiger partial charge in [0.25, 0.3) is 5.91 Å². The predicted octanol–water partition coefficient (Wildman–Crippen LogP) is 3.17. The van der Waals surface area contributed by atoms with Crippen LogP contribution in [0, 0.1) is 0 Å². The minimum Gasteiger partial charge on any atom is -0.495 e. The molecule has 28 heavy (non-hydrogen) atoms. The summed E-state index contributed by atoms with van der Waals surface area (Å²) in [6.45, 7) is 1.16. The Morgan fingerprint density at radius 2 is 1.89 bits per heavy atom. The van der Waals surface area contributed by atoms with Crippen molar-refractivity contribution in [3.8, 4) is 5.75 Å². The van der Waals surface area contributed by atoms with Gasteiger partial charge in [-0.05, 0) is 42.8 Å². The molecule has 0 aliphatic carbocycles. The Morgan fingerprint density at radius 3 is 2.61 bits per heavy atom. The first kappa shape index (κ1) is 21.5. The number of carbonyl (C=O) groups is 2. The van der Waals surface area contributed by atoms with Crippen LogP contribution in [0.15, 0.2) is 42.5 Å². The Balaban J connectivity index is 1.86. The highest BCUT2D eigenvalue weighted by Gasteiger charge is 2.08. The number of anilines is 2. The highest BCUT2D eigenvalue weighted by atomic mass is 35.5. The summed E-state index contributed by atoms with van der Waals surface area (Å²) in [6.07, 6.45) is 0.736. The third-order valence-electron chi connectivity index (χ3n) is 3.82. The Bertz CT molecular complexity index is 814. The van der Waals surface area contributed by atoms with E-state index < -0.39 is 0 Å². The van der Waals surface area contributed by atoms with Crippen LogP contribution in [0.3, 0.4) is 0 Å². The molecule has 0 atom stereocenters. The van der Waals surface area contributed by atoms with Crippen molar-refractivity contribution in [2.24, 2.45) is 0 Å². The molecule has 3 N–H and O–H groups in total. The second-order valence-electron chi connectivity index (χ2n) is 5.93. The number of hydrogen-bond acceptors (Lipinski definition) is 5. The number of carbonyl (C=O) groups excluding carboxylic acids is 2. The van der Waals surface area contributed by atoms with Gasteiger partial charge in [0.05, 0.1) is 18.7 Å². The van der Waals surface area contributed by atoms with E-state index in [9.17, 15) is 9.59 Å². The highest BCUT2D eigenvalue weighted by molar-refractivity contribution is 6.32. The van der Waals surface area contributed by atoms with Crippen LogP contribution in [0.4, 0.5) is 11.4 Å². The first-order valence-electron chi connectivity index (χ1n) is 8.78. The quantitative estimate of drug-likeness (QED) is 0.528. The van der Waals surface area contributed by atoms with Crippen LogP contribution in [0.5, 0.6) is 5.75 Å². The maximum Gasteiger partial charge on any atom is 0.251 e. The van der Waals surface area contributed by atoms with Gasteiger partial charge in [-0.15, -0.1) is 0 Å². The largest absolute Gasteiger partial charge is 0.495 e. The number of rotatable bonds is 10. The Kier molecular flexibility index (Phi) is 8.58. The fourth-order valence-corrected chi connectivity index (χ4v) is 2.68. The average Bonchev–Trinajstić information content (AvgIpc) is 2.70. The summed E-state index contributed by atoms with van der Waals surface area (Å²) in [4.78, 5) is 24.3. The van der Waals surface area contributed by atoms with E-state index in [-0.39, 0.29) is 18.4 Å². The number of methoxy groups -OCH3 is 2. The Hall–Kier alpha value is -2.77. The first-order chi connectivity index (χ1) is 13.5. The van der Waals surface area contributed by atoms with E-state index in [1.165, 1.54) is 7.11 Å². The lowest BCUT2D eigenvalue weighted by Gasteiger charge is -2.10. The number of nitrogens with one attached hydrogen (secondary N) is 3. The maximum absolute atomic E-state index is 12.2. The summed E-state index contributed by atoms with van der Waals surface area (Å²) in [5.41, 5.74) is 1.72. The molecular weight excluding hydrogens is 382 g/mol. The molecule has 2 amide bonds. The molecule has 2 rings (SSSR count). The molecule has 8 heteroatoms. The summed E-state index contributed by atoms with van der Waals surface area (Å²) in [5.74, 6) is 0.122. The molecule has 0 radical (unpaired) electrons. The summed E-state index contributed by atoms with van der Waals surface area (Å²) in [7, 11) is 3.15. The van der Waals surface area contributed by atoms with Crippen molar-refractivity contribution < 1.29 is 19.1 Å². The van der Waals surface area contributed by atoms with Crippen LogP contribution in [0.2, 0.25) is 5.02 Å². The maximum atomic E-state index is 12.2. The molecular formula is C20H24ClN3O4. The van der Waals surface area contributed by atoms with Crippen LogP contribution in [-0.4, -0.2) is 45.7 Å². The summed E-state index contributed by atoms with van der Waals surface area (Å²) >= 11 is 6.06. The van der Waals surface area contributed by atoms with Crippen LogP contribution in [0.25, 0.3) is 0 Å². The van der Waals surface area contributed by atoms with Crippen molar-refractivity contribution in [3.05, 3.63) is 53.1 Å². The van der Waals surface area contributed by atoms with E-state index in [1.807, 2.05) is 0 Å². The molecule has 150 valence electrons. The Labute approximate surface area is 169 Å². The van der Waals surface area contributed by atoms with Gasteiger partial charge in [-0.25, -0.2) is 0 Å². The predicted molar refractivity (Wildman–Crippen MR) is 110 cm³/mol. The Morgan fingerprint density at radius 1 is 1.07 bits per heavy atom. The van der Waals surface area contributed by atoms with Gasteiger partial charge in [0.1, 0.15) is 5.75 Å². The summed E-state index contributed by atoms with van der Waals surface area (Å²) in [6, 6.07) is 11.9. The van der Waals surface area contributed by atoms with Crippen molar-refractivity contribution in [3.63, 3.8) is 0 Å².